The number of carboxylic acids is 1. The number of rotatable bonds is 6. The molecule has 3 aromatic carbocycles. The van der Waals surface area contributed by atoms with Gasteiger partial charge in [0.2, 0.25) is 0 Å². The zero-order valence-corrected chi connectivity index (χ0v) is 19.6. The first kappa shape index (κ1) is 22.7. The number of fused-ring (bicyclic) bond motifs is 1. The Kier molecular flexibility index (Phi) is 5.80. The number of aromatic nitrogens is 1. The van der Waals surface area contributed by atoms with Crippen molar-refractivity contribution in [1.82, 2.24) is 4.98 Å². The third-order valence-electron chi connectivity index (χ3n) is 6.14. The highest BCUT2D eigenvalue weighted by Gasteiger charge is 2.33. The number of benzene rings is 3. The van der Waals surface area contributed by atoms with Gasteiger partial charge < -0.3 is 5.11 Å². The largest absolute Gasteiger partial charge is 0.481 e. The fourth-order valence-corrected chi connectivity index (χ4v) is 4.38. The highest BCUT2D eigenvalue weighted by molar-refractivity contribution is 7.91. The molecule has 168 valence electrons. The lowest BCUT2D eigenvalue weighted by Gasteiger charge is -2.24. The van der Waals surface area contributed by atoms with Crippen LogP contribution in [0.25, 0.3) is 33.2 Å². The molecule has 1 N–H and O–H groups in total. The molecule has 0 amide bonds. The number of aliphatic carboxylic acids is 1. The second kappa shape index (κ2) is 8.45. The molecule has 0 atom stereocenters. The van der Waals surface area contributed by atoms with Crippen LogP contribution in [0.5, 0.6) is 0 Å². The summed E-state index contributed by atoms with van der Waals surface area (Å²) in [5.74, 6) is -0.860. The van der Waals surface area contributed by atoms with Gasteiger partial charge >= 0.3 is 5.97 Å². The average molecular weight is 460 g/mol. The number of hydrogen-bond acceptors (Lipinski definition) is 4. The van der Waals surface area contributed by atoms with Crippen molar-refractivity contribution < 1.29 is 18.3 Å². The van der Waals surface area contributed by atoms with E-state index in [1.54, 1.807) is 20.0 Å². The van der Waals surface area contributed by atoms with Crippen LogP contribution in [0.4, 0.5) is 0 Å². The highest BCUT2D eigenvalue weighted by Crippen LogP contribution is 2.37. The normalized spacial score (nSPS) is 12.1. The van der Waals surface area contributed by atoms with Gasteiger partial charge in [-0.3, -0.25) is 9.78 Å². The van der Waals surface area contributed by atoms with Crippen molar-refractivity contribution in [1.29, 1.82) is 0 Å². The lowest BCUT2D eigenvalue weighted by Crippen LogP contribution is -2.28. The Morgan fingerprint density at radius 1 is 0.909 bits per heavy atom. The first-order chi connectivity index (χ1) is 15.6. The molecule has 0 unspecified atom stereocenters. The van der Waals surface area contributed by atoms with E-state index in [1.807, 2.05) is 72.8 Å². The predicted octanol–water partition coefficient (Wildman–Crippen LogP) is 5.48. The van der Waals surface area contributed by atoms with Gasteiger partial charge in [-0.25, -0.2) is 8.42 Å². The minimum absolute atomic E-state index is 0.0130. The summed E-state index contributed by atoms with van der Waals surface area (Å²) in [6.45, 7) is 3.44. The molecule has 0 saturated carbocycles. The Balaban J connectivity index is 1.85. The van der Waals surface area contributed by atoms with Crippen LogP contribution in [0.1, 0.15) is 25.0 Å². The van der Waals surface area contributed by atoms with E-state index in [1.165, 1.54) is 6.26 Å². The first-order valence-corrected chi connectivity index (χ1v) is 12.5. The van der Waals surface area contributed by atoms with Gasteiger partial charge in [0.15, 0.2) is 9.84 Å². The second-order valence-electron chi connectivity index (χ2n) is 8.73. The minimum atomic E-state index is -3.35. The maximum absolute atomic E-state index is 12.5. The standard InChI is InChI=1S/C27H25NO4S/c1-27(2,33(3,31)32)23-16-22-8-5-13-28-26(22)24(17-23)21-7-4-6-20(15-21)19-11-9-18(10-12-19)14-25(29)30/h4-13,15-17H,14H2,1-3H3,(H,29,30). The molecular weight excluding hydrogens is 434 g/mol. The van der Waals surface area contributed by atoms with Crippen LogP contribution in [-0.4, -0.2) is 30.7 Å². The zero-order chi connectivity index (χ0) is 23.8. The number of carboxylic acid groups (broad SMARTS) is 1. The van der Waals surface area contributed by atoms with Gasteiger partial charge in [-0.15, -0.1) is 0 Å². The molecule has 0 aliphatic heterocycles. The SMILES string of the molecule is CC(C)(c1cc(-c2cccc(-c3ccc(CC(=O)O)cc3)c2)c2ncccc2c1)S(C)(=O)=O. The summed E-state index contributed by atoms with van der Waals surface area (Å²) in [7, 11) is -3.35. The van der Waals surface area contributed by atoms with Crippen molar-refractivity contribution in [3.63, 3.8) is 0 Å². The fraction of sp³-hybridized carbons (Fsp3) is 0.185. The summed E-state index contributed by atoms with van der Waals surface area (Å²) >= 11 is 0. The van der Waals surface area contributed by atoms with Crippen LogP contribution < -0.4 is 0 Å². The van der Waals surface area contributed by atoms with Crippen molar-refractivity contribution in [3.8, 4) is 22.3 Å². The topological polar surface area (TPSA) is 84.3 Å². The lowest BCUT2D eigenvalue weighted by molar-refractivity contribution is -0.136. The number of carbonyl (C=O) groups is 1. The molecule has 0 fully saturated rings. The van der Waals surface area contributed by atoms with Gasteiger partial charge in [-0.1, -0.05) is 48.5 Å². The van der Waals surface area contributed by atoms with Gasteiger partial charge in [0, 0.05) is 23.4 Å². The van der Waals surface area contributed by atoms with Crippen LogP contribution in [0, 0.1) is 0 Å². The van der Waals surface area contributed by atoms with Gasteiger partial charge in [0.1, 0.15) is 0 Å². The van der Waals surface area contributed by atoms with Gasteiger partial charge in [0.25, 0.3) is 0 Å². The number of sulfone groups is 1. The van der Waals surface area contributed by atoms with Gasteiger partial charge in [-0.2, -0.15) is 0 Å². The second-order valence-corrected chi connectivity index (χ2v) is 11.3. The molecule has 1 heterocycles. The highest BCUT2D eigenvalue weighted by atomic mass is 32.2. The molecular formula is C27H25NO4S. The summed E-state index contributed by atoms with van der Waals surface area (Å²) in [4.78, 5) is 15.5. The molecule has 0 spiro atoms. The smallest absolute Gasteiger partial charge is 0.307 e. The molecule has 33 heavy (non-hydrogen) atoms. The van der Waals surface area contributed by atoms with E-state index in [4.69, 9.17) is 5.11 Å². The Hall–Kier alpha value is -3.51. The molecule has 1 aromatic heterocycles. The summed E-state index contributed by atoms with van der Waals surface area (Å²) in [5.41, 5.74) is 6.00. The van der Waals surface area contributed by atoms with E-state index in [0.29, 0.717) is 5.56 Å². The third kappa shape index (κ3) is 4.52. The minimum Gasteiger partial charge on any atom is -0.481 e. The van der Waals surface area contributed by atoms with Gasteiger partial charge in [-0.05, 0) is 65.9 Å². The van der Waals surface area contributed by atoms with Crippen molar-refractivity contribution >= 4 is 26.7 Å². The summed E-state index contributed by atoms with van der Waals surface area (Å²) in [5, 5.41) is 9.87. The Labute approximate surface area is 193 Å². The molecule has 0 aliphatic rings. The van der Waals surface area contributed by atoms with Crippen molar-refractivity contribution in [2.45, 2.75) is 25.0 Å². The fourth-order valence-electron chi connectivity index (χ4n) is 3.83. The Bertz CT molecular complexity index is 1460. The lowest BCUT2D eigenvalue weighted by atomic mass is 9.92. The number of nitrogens with zero attached hydrogens (tertiary/aromatic N) is 1. The summed E-state index contributed by atoms with van der Waals surface area (Å²) < 4.78 is 24.0. The van der Waals surface area contributed by atoms with E-state index in [9.17, 15) is 13.2 Å². The number of pyridine rings is 1. The third-order valence-corrected chi connectivity index (χ3v) is 8.23. The first-order valence-electron chi connectivity index (χ1n) is 10.6. The average Bonchev–Trinajstić information content (AvgIpc) is 2.78. The van der Waals surface area contributed by atoms with E-state index in [-0.39, 0.29) is 6.42 Å². The summed E-state index contributed by atoms with van der Waals surface area (Å²) in [6, 6.07) is 23.1. The van der Waals surface area contributed by atoms with Crippen LogP contribution in [-0.2, 0) is 25.8 Å². The Morgan fingerprint density at radius 2 is 1.61 bits per heavy atom. The number of hydrogen-bond donors (Lipinski definition) is 1. The molecule has 5 nitrogen and oxygen atoms in total. The van der Waals surface area contributed by atoms with E-state index in [2.05, 4.69) is 4.98 Å². The summed E-state index contributed by atoms with van der Waals surface area (Å²) in [6.07, 6.45) is 2.98. The molecule has 0 aliphatic carbocycles. The quantitative estimate of drug-likeness (QED) is 0.413. The molecule has 4 aromatic rings. The van der Waals surface area contributed by atoms with E-state index < -0.39 is 20.6 Å². The van der Waals surface area contributed by atoms with E-state index in [0.717, 1.165) is 38.7 Å². The van der Waals surface area contributed by atoms with Crippen LogP contribution >= 0.6 is 0 Å². The molecule has 6 heteroatoms. The maximum Gasteiger partial charge on any atom is 0.307 e. The van der Waals surface area contributed by atoms with Crippen molar-refractivity contribution in [2.24, 2.45) is 0 Å². The van der Waals surface area contributed by atoms with Gasteiger partial charge in [0.05, 0.1) is 16.7 Å². The zero-order valence-electron chi connectivity index (χ0n) is 18.7. The molecule has 0 radical (unpaired) electrons. The maximum atomic E-state index is 12.5. The Morgan fingerprint density at radius 3 is 2.27 bits per heavy atom. The van der Waals surface area contributed by atoms with Crippen LogP contribution in [0.3, 0.4) is 0 Å². The predicted molar refractivity (Wildman–Crippen MR) is 132 cm³/mol. The van der Waals surface area contributed by atoms with E-state index >= 15 is 0 Å². The van der Waals surface area contributed by atoms with Crippen molar-refractivity contribution in [3.05, 3.63) is 90.1 Å². The monoisotopic (exact) mass is 459 g/mol. The van der Waals surface area contributed by atoms with Crippen LogP contribution in [0.15, 0.2) is 79.0 Å². The van der Waals surface area contributed by atoms with Crippen LogP contribution in [0.2, 0.25) is 0 Å². The van der Waals surface area contributed by atoms with Crippen molar-refractivity contribution in [2.75, 3.05) is 6.26 Å². The molecule has 4 rings (SSSR count). The molecule has 0 bridgehead atoms. The molecule has 0 saturated heterocycles.